The van der Waals surface area contributed by atoms with E-state index in [1.807, 2.05) is 54.3 Å². The summed E-state index contributed by atoms with van der Waals surface area (Å²) in [5, 5.41) is 9.44. The van der Waals surface area contributed by atoms with Crippen LogP contribution < -0.4 is 4.90 Å². The number of carbonyl (C=O) groups is 1. The Morgan fingerprint density at radius 3 is 2.58 bits per heavy atom. The number of carbonyl (C=O) groups excluding carboxylic acids is 1. The summed E-state index contributed by atoms with van der Waals surface area (Å²) < 4.78 is 7.60. The van der Waals surface area contributed by atoms with Crippen molar-refractivity contribution in [3.05, 3.63) is 64.7 Å². The second-order valence-corrected chi connectivity index (χ2v) is 9.54. The molecule has 0 unspecified atom stereocenters. The lowest BCUT2D eigenvalue weighted by molar-refractivity contribution is 0.0303. The van der Waals surface area contributed by atoms with Crippen LogP contribution in [0.1, 0.15) is 25.9 Å². The van der Waals surface area contributed by atoms with Crippen molar-refractivity contribution >= 4 is 51.5 Å². The number of nitrogens with zero attached hydrogens (tertiary/aromatic N) is 5. The van der Waals surface area contributed by atoms with Crippen LogP contribution in [0.3, 0.4) is 0 Å². The summed E-state index contributed by atoms with van der Waals surface area (Å²) >= 11 is 8.55. The fourth-order valence-electron chi connectivity index (χ4n) is 4.10. The number of rotatable bonds is 2. The predicted octanol–water partition coefficient (Wildman–Crippen LogP) is 4.33. The van der Waals surface area contributed by atoms with Gasteiger partial charge in [0.2, 0.25) is 0 Å². The normalized spacial score (nSPS) is 18.4. The number of halogens is 2. The van der Waals surface area contributed by atoms with E-state index in [1.165, 1.54) is 0 Å². The second kappa shape index (κ2) is 8.40. The van der Waals surface area contributed by atoms with Gasteiger partial charge in [-0.25, -0.2) is 0 Å². The van der Waals surface area contributed by atoms with Crippen molar-refractivity contribution in [2.45, 2.75) is 10.8 Å². The van der Waals surface area contributed by atoms with E-state index in [4.69, 9.17) is 16.3 Å². The topological polar surface area (TPSA) is 63.5 Å². The first kappa shape index (κ1) is 20.7. The van der Waals surface area contributed by atoms with Gasteiger partial charge in [0.1, 0.15) is 5.82 Å². The van der Waals surface area contributed by atoms with E-state index in [0.29, 0.717) is 43.4 Å². The molecule has 0 N–H and O–H groups in total. The summed E-state index contributed by atoms with van der Waals surface area (Å²) in [6.45, 7) is 5.03. The maximum absolute atomic E-state index is 13.2. The van der Waals surface area contributed by atoms with Crippen LogP contribution in [-0.2, 0) is 4.74 Å². The molecule has 1 amide bonds. The number of anilines is 2. The zero-order valence-electron chi connectivity index (χ0n) is 17.0. The van der Waals surface area contributed by atoms with Gasteiger partial charge in [0, 0.05) is 35.9 Å². The van der Waals surface area contributed by atoms with Gasteiger partial charge < -0.3 is 14.5 Å². The number of ether oxygens (including phenoxy) is 1. The minimum Gasteiger partial charge on any atom is -0.378 e. The largest absolute Gasteiger partial charge is 0.378 e. The van der Waals surface area contributed by atoms with Crippen LogP contribution in [0.25, 0.3) is 5.69 Å². The van der Waals surface area contributed by atoms with E-state index in [1.54, 1.807) is 0 Å². The minimum atomic E-state index is 0.0260. The SMILES string of the molecule is Cc1nnc2n1-c1ccc(C(=O)N3CCOCC3)cc1N(c1ccc(Cl)cc1)C[C@H]2I. The molecule has 0 spiro atoms. The molecule has 2 aliphatic rings. The molecular weight excluding hydrogens is 529 g/mol. The van der Waals surface area contributed by atoms with Gasteiger partial charge in [-0.15, -0.1) is 10.2 Å². The van der Waals surface area contributed by atoms with E-state index in [2.05, 4.69) is 42.3 Å². The van der Waals surface area contributed by atoms with Gasteiger partial charge in [-0.3, -0.25) is 9.36 Å². The summed E-state index contributed by atoms with van der Waals surface area (Å²) in [6, 6.07) is 13.7. The zero-order valence-corrected chi connectivity index (χ0v) is 19.9. The second-order valence-electron chi connectivity index (χ2n) is 7.60. The first-order chi connectivity index (χ1) is 15.0. The number of benzene rings is 2. The van der Waals surface area contributed by atoms with E-state index in [0.717, 1.165) is 28.7 Å². The Hall–Kier alpha value is -2.17. The van der Waals surface area contributed by atoms with E-state index < -0.39 is 0 Å². The molecule has 7 nitrogen and oxygen atoms in total. The Bertz CT molecular complexity index is 1130. The fraction of sp³-hybridized carbons (Fsp3) is 0.318. The highest BCUT2D eigenvalue weighted by molar-refractivity contribution is 14.1. The van der Waals surface area contributed by atoms with Gasteiger partial charge >= 0.3 is 0 Å². The highest BCUT2D eigenvalue weighted by Gasteiger charge is 2.30. The number of hydrogen-bond donors (Lipinski definition) is 0. The van der Waals surface area contributed by atoms with Crippen LogP contribution in [0.4, 0.5) is 11.4 Å². The Labute approximate surface area is 199 Å². The van der Waals surface area contributed by atoms with Gasteiger partial charge in [-0.05, 0) is 49.4 Å². The Morgan fingerprint density at radius 1 is 1.10 bits per heavy atom. The number of fused-ring (bicyclic) bond motifs is 3. The molecule has 1 fully saturated rings. The van der Waals surface area contributed by atoms with Crippen molar-refractivity contribution < 1.29 is 9.53 Å². The summed E-state index contributed by atoms with van der Waals surface area (Å²) in [4.78, 5) is 17.3. The fourth-order valence-corrected chi connectivity index (χ4v) is 5.02. The molecule has 9 heteroatoms. The lowest BCUT2D eigenvalue weighted by Gasteiger charge is -2.29. The lowest BCUT2D eigenvalue weighted by Crippen LogP contribution is -2.40. The maximum atomic E-state index is 13.2. The van der Waals surface area contributed by atoms with E-state index in [9.17, 15) is 4.79 Å². The summed E-state index contributed by atoms with van der Waals surface area (Å²) in [6.07, 6.45) is 0. The van der Waals surface area contributed by atoms with Crippen LogP contribution in [0.5, 0.6) is 0 Å². The van der Waals surface area contributed by atoms with Crippen molar-refractivity contribution in [3.8, 4) is 5.69 Å². The average molecular weight is 550 g/mol. The van der Waals surface area contributed by atoms with Crippen molar-refractivity contribution in [1.29, 1.82) is 0 Å². The average Bonchev–Trinajstić information content (AvgIpc) is 3.13. The number of amides is 1. The number of hydrogen-bond acceptors (Lipinski definition) is 5. The van der Waals surface area contributed by atoms with Gasteiger partial charge in [0.25, 0.3) is 5.91 Å². The Morgan fingerprint density at radius 2 is 1.84 bits per heavy atom. The quantitative estimate of drug-likeness (QED) is 0.352. The molecule has 0 bridgehead atoms. The molecule has 1 atom stereocenters. The van der Waals surface area contributed by atoms with Crippen LogP contribution >= 0.6 is 34.2 Å². The number of alkyl halides is 1. The third-order valence-electron chi connectivity index (χ3n) is 5.66. The molecule has 31 heavy (non-hydrogen) atoms. The number of aryl methyl sites for hydroxylation is 1. The van der Waals surface area contributed by atoms with Crippen LogP contribution in [0, 0.1) is 6.92 Å². The molecule has 1 aromatic heterocycles. The van der Waals surface area contributed by atoms with Crippen molar-refractivity contribution in [2.24, 2.45) is 0 Å². The standard InChI is InChI=1S/C22H21ClIN5O2/c1-14-25-26-21-18(24)13-28(17-5-3-16(23)4-6-17)20-12-15(2-7-19(20)29(14)21)22(30)27-8-10-31-11-9-27/h2-7,12,18H,8-11,13H2,1H3/t18-/m1/s1. The molecule has 1 saturated heterocycles. The molecule has 0 radical (unpaired) electrons. The van der Waals surface area contributed by atoms with Gasteiger partial charge in [-0.1, -0.05) is 34.2 Å². The molecule has 2 aliphatic heterocycles. The van der Waals surface area contributed by atoms with Crippen LogP contribution in [0.2, 0.25) is 5.02 Å². The third kappa shape index (κ3) is 3.81. The Kier molecular flexibility index (Phi) is 5.61. The minimum absolute atomic E-state index is 0.0260. The Balaban J connectivity index is 1.65. The molecule has 160 valence electrons. The molecule has 5 rings (SSSR count). The zero-order chi connectivity index (χ0) is 21.5. The third-order valence-corrected chi connectivity index (χ3v) is 6.87. The first-order valence-corrected chi connectivity index (χ1v) is 11.8. The lowest BCUT2D eigenvalue weighted by atomic mass is 10.1. The van der Waals surface area contributed by atoms with E-state index in [-0.39, 0.29) is 9.83 Å². The van der Waals surface area contributed by atoms with Crippen molar-refractivity contribution in [2.75, 3.05) is 37.7 Å². The van der Waals surface area contributed by atoms with Crippen molar-refractivity contribution in [3.63, 3.8) is 0 Å². The molecule has 3 aromatic rings. The van der Waals surface area contributed by atoms with E-state index >= 15 is 0 Å². The molecular formula is C22H21ClIN5O2. The molecule has 2 aromatic carbocycles. The highest BCUT2D eigenvalue weighted by atomic mass is 127. The summed E-state index contributed by atoms with van der Waals surface area (Å²) in [5.74, 6) is 1.75. The highest BCUT2D eigenvalue weighted by Crippen LogP contribution is 2.41. The van der Waals surface area contributed by atoms with Gasteiger partial charge in [-0.2, -0.15) is 0 Å². The monoisotopic (exact) mass is 549 g/mol. The maximum Gasteiger partial charge on any atom is 0.254 e. The van der Waals surface area contributed by atoms with Gasteiger partial charge in [0.15, 0.2) is 5.82 Å². The van der Waals surface area contributed by atoms with Crippen LogP contribution in [-0.4, -0.2) is 58.4 Å². The van der Waals surface area contributed by atoms with Gasteiger partial charge in [0.05, 0.1) is 28.5 Å². The smallest absolute Gasteiger partial charge is 0.254 e. The first-order valence-electron chi connectivity index (χ1n) is 10.1. The van der Waals surface area contributed by atoms with Crippen molar-refractivity contribution in [1.82, 2.24) is 19.7 Å². The molecule has 0 saturated carbocycles. The molecule has 3 heterocycles. The molecule has 0 aliphatic carbocycles. The predicted molar refractivity (Wildman–Crippen MR) is 128 cm³/mol. The summed E-state index contributed by atoms with van der Waals surface area (Å²) in [7, 11) is 0. The summed E-state index contributed by atoms with van der Waals surface area (Å²) in [5.41, 5.74) is 3.59. The number of morpholine rings is 1. The number of aromatic nitrogens is 3. The van der Waals surface area contributed by atoms with Crippen LogP contribution in [0.15, 0.2) is 42.5 Å².